The van der Waals surface area contributed by atoms with Gasteiger partial charge in [-0.3, -0.25) is 9.69 Å². The largest absolute Gasteiger partial charge is 0.497 e. The summed E-state index contributed by atoms with van der Waals surface area (Å²) in [6.07, 6.45) is 2.30. The highest BCUT2D eigenvalue weighted by Gasteiger charge is 2.38. The molecule has 2 aromatic rings. The molecule has 2 aromatic carbocycles. The molecule has 156 valence electrons. The fourth-order valence-corrected chi connectivity index (χ4v) is 5.89. The van der Waals surface area contributed by atoms with Crippen LogP contribution in [0.25, 0.3) is 6.08 Å². The van der Waals surface area contributed by atoms with E-state index in [1.54, 1.807) is 25.3 Å². The first-order valence-corrected chi connectivity index (χ1v) is 11.6. The summed E-state index contributed by atoms with van der Waals surface area (Å²) in [7, 11) is -1.39. The number of methoxy groups -OCH3 is 1. The summed E-state index contributed by atoms with van der Waals surface area (Å²) in [5.74, 6) is 2.33. The zero-order valence-electron chi connectivity index (χ0n) is 16.5. The van der Waals surface area contributed by atoms with E-state index >= 15 is 0 Å². The monoisotopic (exact) mass is 427 g/mol. The lowest BCUT2D eigenvalue weighted by molar-refractivity contribution is 0.0634. The Balaban J connectivity index is 1.43. The third-order valence-electron chi connectivity index (χ3n) is 5.78. The SMILES string of the molecule is COc1ccc(/C=C2\Oc3c(ccc4c3CN([C@@H]3CCS(=O)(=O)C3)CO4)C2=O)cc1. The van der Waals surface area contributed by atoms with Crippen LogP contribution in [0.5, 0.6) is 17.2 Å². The molecule has 0 amide bonds. The Morgan fingerprint density at radius 1 is 1.17 bits per heavy atom. The lowest BCUT2D eigenvalue weighted by Crippen LogP contribution is -2.41. The van der Waals surface area contributed by atoms with Crippen LogP contribution in [0.2, 0.25) is 0 Å². The molecule has 3 aliphatic heterocycles. The Bertz CT molecular complexity index is 1150. The fraction of sp³-hybridized carbons (Fsp3) is 0.318. The van der Waals surface area contributed by atoms with Gasteiger partial charge in [0.2, 0.25) is 5.78 Å². The normalized spacial score (nSPS) is 23.6. The zero-order valence-corrected chi connectivity index (χ0v) is 17.3. The summed E-state index contributed by atoms with van der Waals surface area (Å²) in [6.45, 7) is 0.816. The van der Waals surface area contributed by atoms with Crippen LogP contribution in [0.4, 0.5) is 0 Å². The van der Waals surface area contributed by atoms with Gasteiger partial charge in [-0.1, -0.05) is 12.1 Å². The van der Waals surface area contributed by atoms with E-state index in [1.807, 2.05) is 29.2 Å². The molecule has 3 aliphatic rings. The lowest BCUT2D eigenvalue weighted by atomic mass is 10.0. The minimum atomic E-state index is -2.99. The summed E-state index contributed by atoms with van der Waals surface area (Å²) in [6, 6.07) is 10.8. The quantitative estimate of drug-likeness (QED) is 0.697. The molecule has 5 rings (SSSR count). The number of carbonyl (C=O) groups is 1. The number of ether oxygens (including phenoxy) is 3. The summed E-state index contributed by atoms with van der Waals surface area (Å²) in [4.78, 5) is 14.9. The Labute approximate surface area is 174 Å². The van der Waals surface area contributed by atoms with Crippen LogP contribution in [0.15, 0.2) is 42.2 Å². The van der Waals surface area contributed by atoms with E-state index < -0.39 is 9.84 Å². The predicted octanol–water partition coefficient (Wildman–Crippen LogP) is 2.65. The van der Waals surface area contributed by atoms with Gasteiger partial charge in [0.15, 0.2) is 15.6 Å². The van der Waals surface area contributed by atoms with Crippen LogP contribution in [-0.2, 0) is 16.4 Å². The maximum Gasteiger partial charge on any atom is 0.231 e. The van der Waals surface area contributed by atoms with E-state index in [-0.39, 0.29) is 29.1 Å². The molecule has 1 atom stereocenters. The minimum absolute atomic E-state index is 0.0783. The molecule has 0 radical (unpaired) electrons. The Hall–Kier alpha value is -2.84. The van der Waals surface area contributed by atoms with Crippen molar-refractivity contribution in [3.63, 3.8) is 0 Å². The lowest BCUT2D eigenvalue weighted by Gasteiger charge is -2.33. The zero-order chi connectivity index (χ0) is 20.9. The second-order valence-electron chi connectivity index (χ2n) is 7.71. The van der Waals surface area contributed by atoms with Crippen molar-refractivity contribution >= 4 is 21.7 Å². The average molecular weight is 427 g/mol. The second-order valence-corrected chi connectivity index (χ2v) is 9.94. The number of carbonyl (C=O) groups excluding carboxylic acids is 1. The summed E-state index contributed by atoms with van der Waals surface area (Å²) in [5, 5.41) is 0. The number of rotatable bonds is 3. The van der Waals surface area contributed by atoms with E-state index in [0.717, 1.165) is 16.9 Å². The van der Waals surface area contributed by atoms with Crippen LogP contribution >= 0.6 is 0 Å². The number of Topliss-reactive ketones (excluding diaryl/α,β-unsaturated/α-hetero) is 1. The van der Waals surface area contributed by atoms with Gasteiger partial charge in [-0.25, -0.2) is 8.42 Å². The van der Waals surface area contributed by atoms with Crippen molar-refractivity contribution in [3.8, 4) is 17.2 Å². The van der Waals surface area contributed by atoms with Crippen molar-refractivity contribution in [2.24, 2.45) is 0 Å². The minimum Gasteiger partial charge on any atom is -0.497 e. The molecule has 0 saturated carbocycles. The molecule has 0 spiro atoms. The molecular weight excluding hydrogens is 406 g/mol. The van der Waals surface area contributed by atoms with Crippen LogP contribution in [0.1, 0.15) is 27.9 Å². The molecule has 0 bridgehead atoms. The van der Waals surface area contributed by atoms with Gasteiger partial charge in [0.1, 0.15) is 24.0 Å². The van der Waals surface area contributed by atoms with Crippen LogP contribution < -0.4 is 14.2 Å². The standard InChI is InChI=1S/C22H21NO6S/c1-27-16-4-2-14(3-5-16)10-20-21(24)17-6-7-19-18(22(17)29-20)11-23(13-28-19)15-8-9-30(25,26)12-15/h2-7,10,15H,8-9,11-13H2,1H3/b20-10-/t15-/m1/s1. The van der Waals surface area contributed by atoms with Gasteiger partial charge in [-0.2, -0.15) is 0 Å². The Morgan fingerprint density at radius 2 is 1.97 bits per heavy atom. The molecule has 8 heteroatoms. The maximum absolute atomic E-state index is 12.9. The number of hydrogen-bond donors (Lipinski definition) is 0. The van der Waals surface area contributed by atoms with Crippen LogP contribution in [-0.4, -0.2) is 50.5 Å². The number of hydrogen-bond acceptors (Lipinski definition) is 7. The van der Waals surface area contributed by atoms with Crippen molar-refractivity contribution in [2.75, 3.05) is 25.3 Å². The van der Waals surface area contributed by atoms with E-state index in [2.05, 4.69) is 0 Å². The highest BCUT2D eigenvalue weighted by atomic mass is 32.2. The van der Waals surface area contributed by atoms with Gasteiger partial charge in [0.25, 0.3) is 0 Å². The first-order valence-electron chi connectivity index (χ1n) is 9.75. The molecule has 3 heterocycles. The fourth-order valence-electron chi connectivity index (χ4n) is 4.12. The number of fused-ring (bicyclic) bond motifs is 3. The first-order chi connectivity index (χ1) is 14.4. The van der Waals surface area contributed by atoms with Crippen molar-refractivity contribution in [1.29, 1.82) is 0 Å². The van der Waals surface area contributed by atoms with Crippen molar-refractivity contribution in [3.05, 3.63) is 58.8 Å². The molecule has 1 saturated heterocycles. The van der Waals surface area contributed by atoms with Crippen molar-refractivity contribution < 1.29 is 27.4 Å². The predicted molar refractivity (Wildman–Crippen MR) is 110 cm³/mol. The number of ketones is 1. The second kappa shape index (κ2) is 7.14. The smallest absolute Gasteiger partial charge is 0.231 e. The van der Waals surface area contributed by atoms with Crippen molar-refractivity contribution in [2.45, 2.75) is 19.0 Å². The summed E-state index contributed by atoms with van der Waals surface area (Å²) < 4.78 is 40.7. The van der Waals surface area contributed by atoms with E-state index in [4.69, 9.17) is 14.2 Å². The average Bonchev–Trinajstić information content (AvgIpc) is 3.27. The van der Waals surface area contributed by atoms with Gasteiger partial charge >= 0.3 is 0 Å². The number of nitrogens with zero attached hydrogens (tertiary/aromatic N) is 1. The summed E-state index contributed by atoms with van der Waals surface area (Å²) in [5.41, 5.74) is 2.11. The maximum atomic E-state index is 12.9. The Morgan fingerprint density at radius 3 is 2.67 bits per heavy atom. The molecule has 0 aromatic heterocycles. The summed E-state index contributed by atoms with van der Waals surface area (Å²) >= 11 is 0. The molecule has 0 N–H and O–H groups in total. The van der Waals surface area contributed by atoms with E-state index in [0.29, 0.717) is 36.8 Å². The third kappa shape index (κ3) is 3.36. The number of benzene rings is 2. The molecule has 0 unspecified atom stereocenters. The van der Waals surface area contributed by atoms with Crippen molar-refractivity contribution in [1.82, 2.24) is 4.90 Å². The third-order valence-corrected chi connectivity index (χ3v) is 7.53. The molecule has 0 aliphatic carbocycles. The van der Waals surface area contributed by atoms with E-state index in [9.17, 15) is 13.2 Å². The number of allylic oxidation sites excluding steroid dienone is 1. The molecule has 7 nitrogen and oxygen atoms in total. The van der Waals surface area contributed by atoms with Gasteiger partial charge in [-0.15, -0.1) is 0 Å². The molecular formula is C22H21NO6S. The van der Waals surface area contributed by atoms with Crippen LogP contribution in [0.3, 0.4) is 0 Å². The van der Waals surface area contributed by atoms with Crippen LogP contribution in [0, 0.1) is 0 Å². The highest BCUT2D eigenvalue weighted by Crippen LogP contribution is 2.42. The topological polar surface area (TPSA) is 82.1 Å². The number of sulfone groups is 1. The van der Waals surface area contributed by atoms with Gasteiger partial charge in [-0.05, 0) is 42.3 Å². The van der Waals surface area contributed by atoms with Gasteiger partial charge in [0, 0.05) is 12.6 Å². The molecule has 30 heavy (non-hydrogen) atoms. The van der Waals surface area contributed by atoms with Gasteiger partial charge in [0.05, 0.1) is 29.7 Å². The van der Waals surface area contributed by atoms with Gasteiger partial charge < -0.3 is 14.2 Å². The Kier molecular flexibility index (Phi) is 4.56. The first kappa shape index (κ1) is 19.1. The van der Waals surface area contributed by atoms with E-state index in [1.165, 1.54) is 0 Å². The molecule has 1 fully saturated rings. The highest BCUT2D eigenvalue weighted by molar-refractivity contribution is 7.91.